The van der Waals surface area contributed by atoms with Gasteiger partial charge >= 0.3 is 0 Å². The predicted octanol–water partition coefficient (Wildman–Crippen LogP) is 3.79. The first-order chi connectivity index (χ1) is 14.5. The van der Waals surface area contributed by atoms with Gasteiger partial charge in [-0.25, -0.2) is 0 Å². The fourth-order valence-electron chi connectivity index (χ4n) is 3.41. The Hall–Kier alpha value is -2.99. The van der Waals surface area contributed by atoms with Crippen molar-refractivity contribution in [2.24, 2.45) is 0 Å². The zero-order valence-electron chi connectivity index (χ0n) is 17.1. The monoisotopic (exact) mass is 428 g/mol. The van der Waals surface area contributed by atoms with Crippen LogP contribution in [0.5, 0.6) is 11.5 Å². The summed E-state index contributed by atoms with van der Waals surface area (Å²) >= 11 is 5.95. The van der Waals surface area contributed by atoms with Crippen molar-refractivity contribution in [2.45, 2.75) is 18.9 Å². The van der Waals surface area contributed by atoms with E-state index in [9.17, 15) is 9.59 Å². The van der Waals surface area contributed by atoms with Crippen molar-refractivity contribution in [1.82, 2.24) is 10.2 Å². The van der Waals surface area contributed by atoms with E-state index in [0.29, 0.717) is 48.0 Å². The van der Waals surface area contributed by atoms with Gasteiger partial charge in [0.1, 0.15) is 0 Å². The number of ether oxygens (including phenoxy) is 2. The fourth-order valence-corrected chi connectivity index (χ4v) is 3.61. The predicted molar refractivity (Wildman–Crippen MR) is 117 cm³/mol. The van der Waals surface area contributed by atoms with Crippen molar-refractivity contribution < 1.29 is 19.1 Å². The second-order valence-corrected chi connectivity index (χ2v) is 7.47. The molecule has 1 N–H and O–H groups in total. The van der Waals surface area contributed by atoms with Crippen LogP contribution in [-0.4, -0.2) is 50.1 Å². The molecule has 3 rings (SSSR count). The van der Waals surface area contributed by atoms with Gasteiger partial charge in [-0.15, -0.1) is 0 Å². The lowest BCUT2D eigenvalue weighted by atomic mass is 10.0. The lowest BCUT2D eigenvalue weighted by molar-refractivity contribution is -0.117. The molecule has 1 aliphatic rings. The second kappa shape index (κ2) is 10.2. The van der Waals surface area contributed by atoms with Gasteiger partial charge in [0.05, 0.1) is 14.2 Å². The molecule has 0 radical (unpaired) electrons. The van der Waals surface area contributed by atoms with E-state index < -0.39 is 0 Å². The smallest absolute Gasteiger partial charge is 0.253 e. The molecule has 2 aromatic rings. The number of halogens is 1. The molecular weight excluding hydrogens is 404 g/mol. The lowest BCUT2D eigenvalue weighted by Crippen LogP contribution is -2.46. The summed E-state index contributed by atoms with van der Waals surface area (Å²) in [6, 6.07) is 12.5. The van der Waals surface area contributed by atoms with E-state index in [0.717, 1.165) is 5.56 Å². The van der Waals surface area contributed by atoms with Gasteiger partial charge in [-0.05, 0) is 54.8 Å². The van der Waals surface area contributed by atoms with Gasteiger partial charge in [0, 0.05) is 35.8 Å². The minimum atomic E-state index is -0.153. The van der Waals surface area contributed by atoms with Crippen LogP contribution in [0.15, 0.2) is 48.5 Å². The van der Waals surface area contributed by atoms with Gasteiger partial charge in [-0.2, -0.15) is 0 Å². The number of hydrogen-bond acceptors (Lipinski definition) is 4. The number of hydrogen-bond donors (Lipinski definition) is 1. The molecule has 7 heteroatoms. The summed E-state index contributed by atoms with van der Waals surface area (Å²) in [5.41, 5.74) is 1.42. The number of rotatable bonds is 6. The molecule has 0 bridgehead atoms. The number of benzene rings is 2. The van der Waals surface area contributed by atoms with Crippen molar-refractivity contribution in [3.05, 3.63) is 64.7 Å². The Labute approximate surface area is 181 Å². The number of carbonyl (C=O) groups excluding carboxylic acids is 2. The van der Waals surface area contributed by atoms with Crippen molar-refractivity contribution in [1.29, 1.82) is 0 Å². The van der Waals surface area contributed by atoms with Crippen LogP contribution in [0.2, 0.25) is 5.02 Å². The SMILES string of the molecule is COc1ccc(C(=O)N2CCC(NC(=O)/C=C/c3cccc(Cl)c3)CC2)cc1OC. The standard InChI is InChI=1S/C23H25ClN2O4/c1-29-20-8-7-17(15-21(20)30-2)23(28)26-12-10-19(11-13-26)25-22(27)9-6-16-4-3-5-18(24)14-16/h3-9,14-15,19H,10-13H2,1-2H3,(H,25,27)/b9-6+. The van der Waals surface area contributed by atoms with Crippen LogP contribution in [0.4, 0.5) is 0 Å². The van der Waals surface area contributed by atoms with E-state index in [4.69, 9.17) is 21.1 Å². The number of methoxy groups -OCH3 is 2. The topological polar surface area (TPSA) is 67.9 Å². The third kappa shape index (κ3) is 5.54. The summed E-state index contributed by atoms with van der Waals surface area (Å²) in [5, 5.41) is 3.63. The molecule has 1 aliphatic heterocycles. The summed E-state index contributed by atoms with van der Waals surface area (Å²) in [5.74, 6) is 0.902. The van der Waals surface area contributed by atoms with E-state index >= 15 is 0 Å². The molecule has 2 amide bonds. The molecule has 1 saturated heterocycles. The maximum Gasteiger partial charge on any atom is 0.253 e. The molecular formula is C23H25ClN2O4. The molecule has 0 atom stereocenters. The van der Waals surface area contributed by atoms with Crippen LogP contribution in [0.3, 0.4) is 0 Å². The number of nitrogens with zero attached hydrogens (tertiary/aromatic N) is 1. The molecule has 0 aliphatic carbocycles. The van der Waals surface area contributed by atoms with Crippen molar-refractivity contribution in [2.75, 3.05) is 27.3 Å². The maximum atomic E-state index is 12.8. The Balaban J connectivity index is 1.52. The van der Waals surface area contributed by atoms with Crippen LogP contribution in [-0.2, 0) is 4.79 Å². The first kappa shape index (κ1) is 21.7. The summed E-state index contributed by atoms with van der Waals surface area (Å²) in [6.07, 6.45) is 4.65. The Morgan fingerprint density at radius 3 is 2.47 bits per heavy atom. The van der Waals surface area contributed by atoms with Crippen LogP contribution >= 0.6 is 11.6 Å². The highest BCUT2D eigenvalue weighted by atomic mass is 35.5. The Morgan fingerprint density at radius 2 is 1.80 bits per heavy atom. The van der Waals surface area contributed by atoms with Gasteiger partial charge in [0.25, 0.3) is 5.91 Å². The first-order valence-electron chi connectivity index (χ1n) is 9.75. The second-order valence-electron chi connectivity index (χ2n) is 7.03. The Morgan fingerprint density at radius 1 is 1.07 bits per heavy atom. The summed E-state index contributed by atoms with van der Waals surface area (Å²) in [6.45, 7) is 1.16. The zero-order valence-corrected chi connectivity index (χ0v) is 17.8. The molecule has 1 heterocycles. The van der Waals surface area contributed by atoms with Gasteiger partial charge < -0.3 is 19.7 Å². The fraction of sp³-hybridized carbons (Fsp3) is 0.304. The van der Waals surface area contributed by atoms with Crippen LogP contribution in [0, 0.1) is 0 Å². The number of nitrogens with one attached hydrogen (secondary N) is 1. The number of amides is 2. The lowest BCUT2D eigenvalue weighted by Gasteiger charge is -2.32. The van der Waals surface area contributed by atoms with Crippen LogP contribution in [0.1, 0.15) is 28.8 Å². The Bertz CT molecular complexity index is 937. The van der Waals surface area contributed by atoms with Crippen LogP contribution < -0.4 is 14.8 Å². The average molecular weight is 429 g/mol. The third-order valence-corrected chi connectivity index (χ3v) is 5.27. The number of carbonyl (C=O) groups is 2. The van der Waals surface area contributed by atoms with Crippen molar-refractivity contribution >= 4 is 29.5 Å². The molecule has 0 saturated carbocycles. The largest absolute Gasteiger partial charge is 0.493 e. The molecule has 0 spiro atoms. The van der Waals surface area contributed by atoms with E-state index in [2.05, 4.69) is 5.32 Å². The molecule has 30 heavy (non-hydrogen) atoms. The summed E-state index contributed by atoms with van der Waals surface area (Å²) in [4.78, 5) is 26.8. The minimum absolute atomic E-state index is 0.0379. The van der Waals surface area contributed by atoms with Gasteiger partial charge in [-0.3, -0.25) is 9.59 Å². The molecule has 158 valence electrons. The average Bonchev–Trinajstić information content (AvgIpc) is 2.77. The molecule has 0 unspecified atom stereocenters. The molecule has 0 aromatic heterocycles. The van der Waals surface area contributed by atoms with E-state index in [1.807, 2.05) is 12.1 Å². The number of likely N-dealkylation sites (tertiary alicyclic amines) is 1. The quantitative estimate of drug-likeness (QED) is 0.711. The normalized spacial score (nSPS) is 14.6. The van der Waals surface area contributed by atoms with Crippen molar-refractivity contribution in [3.8, 4) is 11.5 Å². The zero-order chi connectivity index (χ0) is 21.5. The molecule has 2 aromatic carbocycles. The number of piperidine rings is 1. The first-order valence-corrected chi connectivity index (χ1v) is 10.1. The molecule has 6 nitrogen and oxygen atoms in total. The minimum Gasteiger partial charge on any atom is -0.493 e. The third-order valence-electron chi connectivity index (χ3n) is 5.03. The Kier molecular flexibility index (Phi) is 7.36. The van der Waals surface area contributed by atoms with E-state index in [-0.39, 0.29) is 17.9 Å². The van der Waals surface area contributed by atoms with E-state index in [1.54, 1.807) is 55.5 Å². The highest BCUT2D eigenvalue weighted by Crippen LogP contribution is 2.28. The molecule has 1 fully saturated rings. The summed E-state index contributed by atoms with van der Waals surface area (Å²) in [7, 11) is 3.10. The van der Waals surface area contributed by atoms with E-state index in [1.165, 1.54) is 6.08 Å². The van der Waals surface area contributed by atoms with Gasteiger partial charge in [-0.1, -0.05) is 23.7 Å². The van der Waals surface area contributed by atoms with Crippen molar-refractivity contribution in [3.63, 3.8) is 0 Å². The van der Waals surface area contributed by atoms with Gasteiger partial charge in [0.2, 0.25) is 5.91 Å². The summed E-state index contributed by atoms with van der Waals surface area (Å²) < 4.78 is 10.5. The highest BCUT2D eigenvalue weighted by Gasteiger charge is 2.25. The van der Waals surface area contributed by atoms with Crippen LogP contribution in [0.25, 0.3) is 6.08 Å². The maximum absolute atomic E-state index is 12.8. The highest BCUT2D eigenvalue weighted by molar-refractivity contribution is 6.30. The van der Waals surface area contributed by atoms with Gasteiger partial charge in [0.15, 0.2) is 11.5 Å².